The molecule has 1 aliphatic heterocycles. The van der Waals surface area contributed by atoms with E-state index in [1.54, 1.807) is 18.4 Å². The van der Waals surface area contributed by atoms with Gasteiger partial charge in [-0.1, -0.05) is 17.7 Å². The molecule has 1 atom stereocenters. The lowest BCUT2D eigenvalue weighted by Crippen LogP contribution is -2.44. The van der Waals surface area contributed by atoms with E-state index in [9.17, 15) is 15.0 Å². The number of piperidine rings is 1. The molecule has 3 heterocycles. The number of carboxylic acid groups (broad SMARTS) is 1. The number of aliphatic carboxylic acids is 1. The molecule has 6 nitrogen and oxygen atoms in total. The third-order valence-corrected chi connectivity index (χ3v) is 9.44. The summed E-state index contributed by atoms with van der Waals surface area (Å²) in [6.07, 6.45) is 3.63. The number of nitrogens with zero attached hydrogens (tertiary/aromatic N) is 2. The number of ether oxygens (including phenoxy) is 1. The minimum Gasteiger partial charge on any atom is -0.497 e. The van der Waals surface area contributed by atoms with Crippen LogP contribution in [-0.2, 0) is 4.79 Å². The Hall–Kier alpha value is -1.84. The van der Waals surface area contributed by atoms with E-state index in [-0.39, 0.29) is 0 Å². The molecule has 0 bridgehead atoms. The first-order valence-corrected chi connectivity index (χ1v) is 14.1. The van der Waals surface area contributed by atoms with Gasteiger partial charge in [-0.3, -0.25) is 9.78 Å². The molecule has 0 unspecified atom stereocenters. The summed E-state index contributed by atoms with van der Waals surface area (Å²) in [6, 6.07) is 9.67. The van der Waals surface area contributed by atoms with Crippen LogP contribution in [0.3, 0.4) is 0 Å². The Balaban J connectivity index is 1.35. The van der Waals surface area contributed by atoms with Crippen molar-refractivity contribution in [3.05, 3.63) is 52.5 Å². The second kappa shape index (κ2) is 11.9. The van der Waals surface area contributed by atoms with Gasteiger partial charge in [0.25, 0.3) is 0 Å². The van der Waals surface area contributed by atoms with Crippen LogP contribution >= 0.6 is 34.7 Å². The Bertz CT molecular complexity index is 1130. The average molecular weight is 535 g/mol. The molecule has 0 radical (unpaired) electrons. The number of aliphatic hydroxyl groups is 1. The summed E-state index contributed by atoms with van der Waals surface area (Å²) in [6.45, 7) is 2.52. The molecular weight excluding hydrogens is 504 g/mol. The van der Waals surface area contributed by atoms with Crippen LogP contribution in [0.5, 0.6) is 5.75 Å². The molecule has 3 aromatic rings. The number of carbonyl (C=O) groups is 1. The molecule has 0 spiro atoms. The molecule has 35 heavy (non-hydrogen) atoms. The summed E-state index contributed by atoms with van der Waals surface area (Å²) >= 11 is 10.1. The van der Waals surface area contributed by atoms with Crippen molar-refractivity contribution >= 4 is 51.6 Å². The third-order valence-electron chi connectivity index (χ3n) is 6.92. The largest absolute Gasteiger partial charge is 0.497 e. The third kappa shape index (κ3) is 6.30. The Morgan fingerprint density at radius 1 is 1.34 bits per heavy atom. The normalized spacial score (nSPS) is 16.9. The second-order valence-corrected chi connectivity index (χ2v) is 11.8. The molecule has 1 aromatic carbocycles. The number of hydrogen-bond acceptors (Lipinski definition) is 7. The molecule has 0 saturated carbocycles. The number of pyridine rings is 1. The van der Waals surface area contributed by atoms with Gasteiger partial charge in [0.2, 0.25) is 0 Å². The van der Waals surface area contributed by atoms with Crippen molar-refractivity contribution in [1.82, 2.24) is 9.88 Å². The molecular formula is C26H31ClN2O4S2. The Morgan fingerprint density at radius 3 is 2.83 bits per heavy atom. The maximum absolute atomic E-state index is 12.3. The summed E-state index contributed by atoms with van der Waals surface area (Å²) < 4.78 is 6.67. The molecule has 2 N–H and O–H groups in total. The van der Waals surface area contributed by atoms with E-state index in [4.69, 9.17) is 16.3 Å². The van der Waals surface area contributed by atoms with Gasteiger partial charge >= 0.3 is 5.97 Å². The van der Waals surface area contributed by atoms with Crippen molar-refractivity contribution in [2.24, 2.45) is 5.41 Å². The Morgan fingerprint density at radius 2 is 2.14 bits per heavy atom. The van der Waals surface area contributed by atoms with Crippen LogP contribution in [0.25, 0.3) is 10.9 Å². The van der Waals surface area contributed by atoms with Gasteiger partial charge in [0.15, 0.2) is 0 Å². The number of aromatic nitrogens is 1. The van der Waals surface area contributed by atoms with E-state index in [0.717, 1.165) is 37.2 Å². The Kier molecular flexibility index (Phi) is 8.94. The molecule has 188 valence electrons. The number of aliphatic hydroxyl groups excluding tert-OH is 1. The number of hydrogen-bond donors (Lipinski definition) is 2. The second-order valence-electron chi connectivity index (χ2n) is 9.02. The molecule has 1 saturated heterocycles. The number of thioether (sulfide) groups is 1. The number of rotatable bonds is 11. The summed E-state index contributed by atoms with van der Waals surface area (Å²) in [4.78, 5) is 19.0. The maximum Gasteiger partial charge on any atom is 0.309 e. The number of likely N-dealkylation sites (tertiary alicyclic amines) is 1. The SMILES string of the molecule is COc1ccc2ncc(Cl)c([C@@H](O)CCC3(C(=O)O)CCN(CCCSc4cccs4)CC3)c2c1. The van der Waals surface area contributed by atoms with Crippen LogP contribution in [0.2, 0.25) is 5.02 Å². The van der Waals surface area contributed by atoms with Crippen LogP contribution in [0.4, 0.5) is 0 Å². The minimum absolute atomic E-state index is 0.319. The van der Waals surface area contributed by atoms with Crippen molar-refractivity contribution in [1.29, 1.82) is 0 Å². The smallest absolute Gasteiger partial charge is 0.309 e. The van der Waals surface area contributed by atoms with Crippen molar-refractivity contribution in [2.75, 3.05) is 32.5 Å². The van der Waals surface area contributed by atoms with E-state index in [0.29, 0.717) is 47.5 Å². The zero-order valence-electron chi connectivity index (χ0n) is 19.8. The van der Waals surface area contributed by atoms with Gasteiger partial charge in [-0.15, -0.1) is 23.1 Å². The predicted octanol–water partition coefficient (Wildman–Crippen LogP) is 6.12. The van der Waals surface area contributed by atoms with Gasteiger partial charge in [-0.05, 0) is 81.4 Å². The molecule has 1 aliphatic rings. The van der Waals surface area contributed by atoms with Gasteiger partial charge in [-0.25, -0.2) is 0 Å². The fourth-order valence-electron chi connectivity index (χ4n) is 4.77. The fourth-order valence-corrected chi connectivity index (χ4v) is 6.84. The highest BCUT2D eigenvalue weighted by Gasteiger charge is 2.41. The summed E-state index contributed by atoms with van der Waals surface area (Å²) in [5.74, 6) is 0.946. The zero-order chi connectivity index (χ0) is 24.8. The lowest BCUT2D eigenvalue weighted by Gasteiger charge is -2.39. The number of thiophene rings is 1. The number of halogens is 1. The van der Waals surface area contributed by atoms with Gasteiger partial charge in [0, 0.05) is 22.9 Å². The first-order chi connectivity index (χ1) is 16.9. The summed E-state index contributed by atoms with van der Waals surface area (Å²) in [5.41, 5.74) is 0.468. The van der Waals surface area contributed by atoms with Gasteiger partial charge in [-0.2, -0.15) is 0 Å². The van der Waals surface area contributed by atoms with Crippen molar-refractivity contribution in [2.45, 2.75) is 42.4 Å². The van der Waals surface area contributed by atoms with E-state index in [1.165, 1.54) is 10.4 Å². The first kappa shape index (κ1) is 26.2. The number of benzene rings is 1. The van der Waals surface area contributed by atoms with Crippen molar-refractivity contribution in [3.8, 4) is 5.75 Å². The van der Waals surface area contributed by atoms with E-state index < -0.39 is 17.5 Å². The molecule has 0 aliphatic carbocycles. The highest BCUT2D eigenvalue weighted by atomic mass is 35.5. The van der Waals surface area contributed by atoms with Crippen LogP contribution in [0.15, 0.2) is 46.1 Å². The number of fused-ring (bicyclic) bond motifs is 1. The van der Waals surface area contributed by atoms with Gasteiger partial charge in [0.05, 0.1) is 33.4 Å². The molecule has 1 fully saturated rings. The molecule has 4 rings (SSSR count). The number of methoxy groups -OCH3 is 1. The quantitative estimate of drug-likeness (QED) is 0.226. The molecule has 9 heteroatoms. The Labute approximate surface area is 219 Å². The van der Waals surface area contributed by atoms with Crippen molar-refractivity contribution in [3.63, 3.8) is 0 Å². The lowest BCUT2D eigenvalue weighted by atomic mass is 9.74. The lowest BCUT2D eigenvalue weighted by molar-refractivity contribution is -0.153. The average Bonchev–Trinajstić information content (AvgIpc) is 3.39. The predicted molar refractivity (Wildman–Crippen MR) is 143 cm³/mol. The van der Waals surface area contributed by atoms with Gasteiger partial charge < -0.3 is 19.8 Å². The minimum atomic E-state index is -0.886. The van der Waals surface area contributed by atoms with E-state index >= 15 is 0 Å². The zero-order valence-corrected chi connectivity index (χ0v) is 22.2. The van der Waals surface area contributed by atoms with Crippen molar-refractivity contribution < 1.29 is 19.7 Å². The van der Waals surface area contributed by atoms with Crippen LogP contribution in [0, 0.1) is 5.41 Å². The van der Waals surface area contributed by atoms with Crippen LogP contribution in [0.1, 0.15) is 43.8 Å². The van der Waals surface area contributed by atoms with Crippen LogP contribution in [-0.4, -0.2) is 58.6 Å². The molecule has 2 aromatic heterocycles. The van der Waals surface area contributed by atoms with E-state index in [1.807, 2.05) is 30.0 Å². The highest BCUT2D eigenvalue weighted by molar-refractivity contribution is 8.01. The standard InChI is InChI=1S/C26H31ClN2O4S2/c1-33-18-5-6-21-19(16-18)24(20(27)17-28-21)22(30)7-8-26(25(31)32)9-12-29(13-10-26)11-3-15-35-23-4-2-14-34-23/h2,4-6,14,16-17,22,30H,3,7-13,15H2,1H3,(H,31,32)/t22-/m0/s1. The topological polar surface area (TPSA) is 82.9 Å². The molecule has 0 amide bonds. The maximum atomic E-state index is 12.3. The van der Waals surface area contributed by atoms with E-state index in [2.05, 4.69) is 27.4 Å². The van der Waals surface area contributed by atoms with Gasteiger partial charge in [0.1, 0.15) is 5.75 Å². The van der Waals surface area contributed by atoms with Crippen LogP contribution < -0.4 is 4.74 Å². The monoisotopic (exact) mass is 534 g/mol. The first-order valence-electron chi connectivity index (χ1n) is 11.8. The number of carboxylic acids is 1. The fraction of sp³-hybridized carbons (Fsp3) is 0.462. The highest BCUT2D eigenvalue weighted by Crippen LogP contribution is 2.41. The summed E-state index contributed by atoms with van der Waals surface area (Å²) in [5, 5.41) is 24.4. The summed E-state index contributed by atoms with van der Waals surface area (Å²) in [7, 11) is 1.58.